The third kappa shape index (κ3) is 4.07. The van der Waals surface area contributed by atoms with E-state index >= 15 is 0 Å². The Bertz CT molecular complexity index is 778. The summed E-state index contributed by atoms with van der Waals surface area (Å²) in [5.41, 5.74) is 3.25. The van der Waals surface area contributed by atoms with E-state index in [-0.39, 0.29) is 12.4 Å². The van der Waals surface area contributed by atoms with Crippen LogP contribution in [0.4, 0.5) is 0 Å². The molecule has 1 fully saturated rings. The number of aromatic nitrogens is 2. The van der Waals surface area contributed by atoms with Crippen molar-refractivity contribution in [3.8, 4) is 11.3 Å². The van der Waals surface area contributed by atoms with Crippen LogP contribution in [0.25, 0.3) is 11.3 Å². The third-order valence-electron chi connectivity index (χ3n) is 4.41. The molecule has 1 aliphatic rings. The summed E-state index contributed by atoms with van der Waals surface area (Å²) in [6, 6.07) is 16.6. The lowest BCUT2D eigenvalue weighted by molar-refractivity contribution is 0.149. The van der Waals surface area contributed by atoms with E-state index in [4.69, 9.17) is 4.52 Å². The normalized spacial score (nSPS) is 17.8. The molecular weight excluding hydrogens is 336 g/mol. The zero-order chi connectivity index (χ0) is 16.2. The van der Waals surface area contributed by atoms with Crippen LogP contribution in [-0.4, -0.2) is 34.7 Å². The maximum absolute atomic E-state index is 5.53. The number of piperazine rings is 1. The maximum Gasteiger partial charge on any atom is 0.167 e. The summed E-state index contributed by atoms with van der Waals surface area (Å²) in [6.07, 6.45) is 3.76. The Morgan fingerprint density at radius 1 is 1.16 bits per heavy atom. The van der Waals surface area contributed by atoms with Crippen molar-refractivity contribution in [2.45, 2.75) is 12.6 Å². The second kappa shape index (κ2) is 8.25. The first-order valence-corrected chi connectivity index (χ1v) is 8.26. The van der Waals surface area contributed by atoms with E-state index in [1.54, 1.807) is 0 Å². The Labute approximate surface area is 153 Å². The molecule has 1 atom stereocenters. The van der Waals surface area contributed by atoms with Crippen molar-refractivity contribution in [2.75, 3.05) is 19.6 Å². The standard InChI is InChI=1S/C19H20N4O.ClH/c1-2-5-15(6-3-1)19-11-17(22-24-19)14-23-10-9-21-13-18(23)16-7-4-8-20-12-16;/h1-8,11-12,18,21H,9-10,13-14H2;1H. The quantitative estimate of drug-likeness (QED) is 0.777. The predicted molar refractivity (Wildman–Crippen MR) is 99.4 cm³/mol. The number of rotatable bonds is 4. The van der Waals surface area contributed by atoms with Gasteiger partial charge >= 0.3 is 0 Å². The molecule has 0 amide bonds. The molecule has 0 radical (unpaired) electrons. The second-order valence-corrected chi connectivity index (χ2v) is 6.03. The molecule has 0 aliphatic carbocycles. The van der Waals surface area contributed by atoms with E-state index in [9.17, 15) is 0 Å². The fourth-order valence-electron chi connectivity index (χ4n) is 3.17. The predicted octanol–water partition coefficient (Wildman–Crippen LogP) is 3.30. The van der Waals surface area contributed by atoms with Crippen LogP contribution in [0.3, 0.4) is 0 Å². The lowest BCUT2D eigenvalue weighted by atomic mass is 10.0. The summed E-state index contributed by atoms with van der Waals surface area (Å²) in [5, 5.41) is 7.73. The maximum atomic E-state index is 5.53. The highest BCUT2D eigenvalue weighted by Gasteiger charge is 2.25. The van der Waals surface area contributed by atoms with Gasteiger partial charge in [0.15, 0.2) is 5.76 Å². The third-order valence-corrected chi connectivity index (χ3v) is 4.41. The molecule has 5 nitrogen and oxygen atoms in total. The first-order chi connectivity index (χ1) is 11.9. The molecule has 2 aromatic heterocycles. The number of hydrogen-bond donors (Lipinski definition) is 1. The molecule has 25 heavy (non-hydrogen) atoms. The van der Waals surface area contributed by atoms with E-state index < -0.39 is 0 Å². The Morgan fingerprint density at radius 2 is 2.04 bits per heavy atom. The Kier molecular flexibility index (Phi) is 5.81. The molecule has 1 saturated heterocycles. The number of hydrogen-bond acceptors (Lipinski definition) is 5. The number of benzene rings is 1. The first-order valence-electron chi connectivity index (χ1n) is 8.26. The van der Waals surface area contributed by atoms with E-state index in [2.05, 4.69) is 26.4 Å². The molecule has 0 saturated carbocycles. The lowest BCUT2D eigenvalue weighted by Crippen LogP contribution is -2.45. The van der Waals surface area contributed by atoms with Crippen LogP contribution < -0.4 is 5.32 Å². The lowest BCUT2D eigenvalue weighted by Gasteiger charge is -2.35. The number of halogens is 1. The topological polar surface area (TPSA) is 54.2 Å². The Morgan fingerprint density at radius 3 is 2.84 bits per heavy atom. The highest BCUT2D eigenvalue weighted by Crippen LogP contribution is 2.25. The van der Waals surface area contributed by atoms with Crippen LogP contribution >= 0.6 is 12.4 Å². The number of nitrogens with zero attached hydrogens (tertiary/aromatic N) is 3. The number of nitrogens with one attached hydrogen (secondary N) is 1. The van der Waals surface area contributed by atoms with Gasteiger partial charge in [-0.1, -0.05) is 41.6 Å². The first kappa shape index (κ1) is 17.6. The van der Waals surface area contributed by atoms with E-state index in [1.165, 1.54) is 5.56 Å². The summed E-state index contributed by atoms with van der Waals surface area (Å²) in [7, 11) is 0. The van der Waals surface area contributed by atoms with Crippen LogP contribution in [0.5, 0.6) is 0 Å². The molecule has 1 aromatic carbocycles. The SMILES string of the molecule is Cl.c1ccc(-c2cc(CN3CCNCC3c3cccnc3)no2)cc1. The minimum Gasteiger partial charge on any atom is -0.356 e. The molecule has 130 valence electrons. The summed E-state index contributed by atoms with van der Waals surface area (Å²) < 4.78 is 5.53. The van der Waals surface area contributed by atoms with Crippen molar-refractivity contribution in [2.24, 2.45) is 0 Å². The highest BCUT2D eigenvalue weighted by molar-refractivity contribution is 5.85. The molecule has 6 heteroatoms. The molecule has 0 spiro atoms. The van der Waals surface area contributed by atoms with E-state index in [0.29, 0.717) is 6.04 Å². The summed E-state index contributed by atoms with van der Waals surface area (Å²) in [4.78, 5) is 6.69. The zero-order valence-corrected chi connectivity index (χ0v) is 14.7. The van der Waals surface area contributed by atoms with Gasteiger partial charge in [-0.05, 0) is 11.6 Å². The van der Waals surface area contributed by atoms with Crippen molar-refractivity contribution in [3.63, 3.8) is 0 Å². The van der Waals surface area contributed by atoms with Crippen molar-refractivity contribution in [1.29, 1.82) is 0 Å². The molecule has 1 N–H and O–H groups in total. The van der Waals surface area contributed by atoms with Gasteiger partial charge in [0, 0.05) is 56.2 Å². The molecule has 1 unspecified atom stereocenters. The minimum absolute atomic E-state index is 0. The van der Waals surface area contributed by atoms with Crippen LogP contribution in [0.1, 0.15) is 17.3 Å². The van der Waals surface area contributed by atoms with Gasteiger partial charge in [-0.2, -0.15) is 0 Å². The second-order valence-electron chi connectivity index (χ2n) is 6.03. The molecule has 1 aliphatic heterocycles. The van der Waals surface area contributed by atoms with Gasteiger partial charge in [0.1, 0.15) is 0 Å². The van der Waals surface area contributed by atoms with Gasteiger partial charge < -0.3 is 9.84 Å². The molecule has 4 rings (SSSR count). The molecular formula is C19H21ClN4O. The van der Waals surface area contributed by atoms with Gasteiger partial charge in [0.2, 0.25) is 0 Å². The van der Waals surface area contributed by atoms with Crippen LogP contribution in [0.2, 0.25) is 0 Å². The van der Waals surface area contributed by atoms with Crippen LogP contribution in [0.15, 0.2) is 65.4 Å². The Hall–Kier alpha value is -2.21. The summed E-state index contributed by atoms with van der Waals surface area (Å²) in [6.45, 7) is 3.67. The molecule has 0 bridgehead atoms. The number of pyridine rings is 1. The monoisotopic (exact) mass is 356 g/mol. The fourth-order valence-corrected chi connectivity index (χ4v) is 3.17. The van der Waals surface area contributed by atoms with Crippen molar-refractivity contribution in [3.05, 3.63) is 72.2 Å². The average molecular weight is 357 g/mol. The molecule has 3 heterocycles. The summed E-state index contributed by atoms with van der Waals surface area (Å²) >= 11 is 0. The van der Waals surface area contributed by atoms with Crippen molar-refractivity contribution < 1.29 is 4.52 Å². The van der Waals surface area contributed by atoms with Gasteiger partial charge in [0.05, 0.1) is 5.69 Å². The van der Waals surface area contributed by atoms with E-state index in [0.717, 1.165) is 43.2 Å². The Balaban J connectivity index is 0.00000182. The van der Waals surface area contributed by atoms with Gasteiger partial charge in [-0.25, -0.2) is 0 Å². The van der Waals surface area contributed by atoms with Gasteiger partial charge in [-0.3, -0.25) is 9.88 Å². The minimum atomic E-state index is 0. The van der Waals surface area contributed by atoms with Crippen LogP contribution in [0, 0.1) is 0 Å². The fraction of sp³-hybridized carbons (Fsp3) is 0.263. The van der Waals surface area contributed by atoms with Crippen molar-refractivity contribution in [1.82, 2.24) is 20.4 Å². The molecule has 3 aromatic rings. The zero-order valence-electron chi connectivity index (χ0n) is 13.8. The highest BCUT2D eigenvalue weighted by atomic mass is 35.5. The van der Waals surface area contributed by atoms with E-state index in [1.807, 2.05) is 54.9 Å². The average Bonchev–Trinajstić information content (AvgIpc) is 3.12. The smallest absolute Gasteiger partial charge is 0.167 e. The van der Waals surface area contributed by atoms with Crippen LogP contribution in [-0.2, 0) is 6.54 Å². The van der Waals surface area contributed by atoms with Gasteiger partial charge in [0.25, 0.3) is 0 Å². The van der Waals surface area contributed by atoms with Crippen molar-refractivity contribution >= 4 is 12.4 Å². The van der Waals surface area contributed by atoms with Gasteiger partial charge in [-0.15, -0.1) is 12.4 Å². The largest absolute Gasteiger partial charge is 0.356 e. The summed E-state index contributed by atoms with van der Waals surface area (Å²) in [5.74, 6) is 0.818.